The highest BCUT2D eigenvalue weighted by Gasteiger charge is 2.17. The van der Waals surface area contributed by atoms with Crippen LogP contribution in [0.5, 0.6) is 0 Å². The predicted octanol–water partition coefficient (Wildman–Crippen LogP) is 4.70. The molecule has 0 radical (unpaired) electrons. The molecule has 0 spiro atoms. The Morgan fingerprint density at radius 1 is 0.875 bits per heavy atom. The maximum absolute atomic E-state index is 4.32. The SMILES string of the molecule is Cc1ccncc1-c1c2ccc(-c3ccccc3)cc2cc[n+]1C. The van der Waals surface area contributed by atoms with Crippen LogP contribution in [-0.4, -0.2) is 4.98 Å². The highest BCUT2D eigenvalue weighted by atomic mass is 14.9. The average molecular weight is 311 g/mol. The Labute approximate surface area is 142 Å². The molecule has 24 heavy (non-hydrogen) atoms. The lowest BCUT2D eigenvalue weighted by Gasteiger charge is -2.09. The van der Waals surface area contributed by atoms with Crippen molar-refractivity contribution in [1.82, 2.24) is 4.98 Å². The molecule has 0 N–H and O–H groups in total. The van der Waals surface area contributed by atoms with Crippen molar-refractivity contribution in [3.05, 3.63) is 84.8 Å². The number of hydrogen-bond acceptors (Lipinski definition) is 1. The van der Waals surface area contributed by atoms with Gasteiger partial charge in [0.15, 0.2) is 6.20 Å². The van der Waals surface area contributed by atoms with Gasteiger partial charge >= 0.3 is 0 Å². The quantitative estimate of drug-likeness (QED) is 0.490. The van der Waals surface area contributed by atoms with Crippen molar-refractivity contribution >= 4 is 10.8 Å². The third kappa shape index (κ3) is 2.46. The molecule has 0 amide bonds. The van der Waals surface area contributed by atoms with E-state index >= 15 is 0 Å². The molecular weight excluding hydrogens is 292 g/mol. The van der Waals surface area contributed by atoms with Crippen molar-refractivity contribution in [2.45, 2.75) is 6.92 Å². The number of fused-ring (bicyclic) bond motifs is 1. The Balaban J connectivity index is 1.96. The van der Waals surface area contributed by atoms with Crippen LogP contribution in [0, 0.1) is 6.92 Å². The minimum absolute atomic E-state index is 1.18. The van der Waals surface area contributed by atoms with Crippen LogP contribution in [0.2, 0.25) is 0 Å². The molecule has 0 aliphatic heterocycles. The molecular formula is C22H19N2+. The zero-order valence-corrected chi connectivity index (χ0v) is 13.9. The van der Waals surface area contributed by atoms with Crippen molar-refractivity contribution in [2.24, 2.45) is 7.05 Å². The number of benzene rings is 2. The van der Waals surface area contributed by atoms with Gasteiger partial charge in [-0.2, -0.15) is 0 Å². The number of nitrogens with zero attached hydrogens (tertiary/aromatic N) is 2. The predicted molar refractivity (Wildman–Crippen MR) is 98.5 cm³/mol. The van der Waals surface area contributed by atoms with E-state index in [1.807, 2.05) is 18.5 Å². The van der Waals surface area contributed by atoms with Gasteiger partial charge in [-0.15, -0.1) is 0 Å². The molecule has 0 saturated carbocycles. The Hall–Kier alpha value is -3.00. The van der Waals surface area contributed by atoms with E-state index in [9.17, 15) is 0 Å². The summed E-state index contributed by atoms with van der Waals surface area (Å²) < 4.78 is 2.18. The molecule has 2 heteroatoms. The van der Waals surface area contributed by atoms with Gasteiger partial charge in [-0.05, 0) is 47.2 Å². The summed E-state index contributed by atoms with van der Waals surface area (Å²) in [5, 5.41) is 2.49. The lowest BCUT2D eigenvalue weighted by Crippen LogP contribution is -2.30. The zero-order valence-electron chi connectivity index (χ0n) is 13.9. The fourth-order valence-electron chi connectivity index (χ4n) is 3.23. The molecule has 4 aromatic rings. The number of aromatic nitrogens is 2. The molecule has 4 rings (SSSR count). The van der Waals surface area contributed by atoms with Crippen LogP contribution in [0.15, 0.2) is 79.3 Å². The standard InChI is InChI=1S/C22H19N2/c1-16-10-12-23-15-21(16)22-20-9-8-18(17-6-4-3-5-7-17)14-19(20)11-13-24(22)2/h3-15H,1-2H3/q+1. The van der Waals surface area contributed by atoms with Gasteiger partial charge in [-0.3, -0.25) is 4.98 Å². The Bertz CT molecular complexity index is 1020. The van der Waals surface area contributed by atoms with Gasteiger partial charge in [0.25, 0.3) is 0 Å². The summed E-state index contributed by atoms with van der Waals surface area (Å²) in [6, 6.07) is 21.4. The van der Waals surface area contributed by atoms with Crippen LogP contribution in [0.1, 0.15) is 5.56 Å². The van der Waals surface area contributed by atoms with Crippen LogP contribution < -0.4 is 4.57 Å². The summed E-state index contributed by atoms with van der Waals surface area (Å²) in [5.74, 6) is 0. The largest absolute Gasteiger partial charge is 0.264 e. The van der Waals surface area contributed by atoms with E-state index in [0.29, 0.717) is 0 Å². The first-order valence-electron chi connectivity index (χ1n) is 8.13. The number of aryl methyl sites for hydroxylation is 2. The number of hydrogen-bond donors (Lipinski definition) is 0. The van der Waals surface area contributed by atoms with Gasteiger partial charge in [0.05, 0.1) is 10.9 Å². The lowest BCUT2D eigenvalue weighted by molar-refractivity contribution is -0.659. The first-order valence-corrected chi connectivity index (χ1v) is 8.13. The van der Waals surface area contributed by atoms with Crippen LogP contribution in [0.25, 0.3) is 33.2 Å². The van der Waals surface area contributed by atoms with E-state index in [-0.39, 0.29) is 0 Å². The Morgan fingerprint density at radius 2 is 1.71 bits per heavy atom. The second-order valence-electron chi connectivity index (χ2n) is 6.13. The summed E-state index contributed by atoms with van der Waals surface area (Å²) in [7, 11) is 2.09. The van der Waals surface area contributed by atoms with Gasteiger partial charge in [-0.1, -0.05) is 36.4 Å². The highest BCUT2D eigenvalue weighted by molar-refractivity contribution is 5.95. The van der Waals surface area contributed by atoms with E-state index in [1.165, 1.54) is 38.7 Å². The third-order valence-corrected chi connectivity index (χ3v) is 4.54. The molecule has 0 aliphatic carbocycles. The van der Waals surface area contributed by atoms with Crippen LogP contribution in [0.3, 0.4) is 0 Å². The normalized spacial score (nSPS) is 10.9. The van der Waals surface area contributed by atoms with Crippen molar-refractivity contribution in [1.29, 1.82) is 0 Å². The molecule has 0 bridgehead atoms. The topological polar surface area (TPSA) is 16.8 Å². The fraction of sp³-hybridized carbons (Fsp3) is 0.0909. The highest BCUT2D eigenvalue weighted by Crippen LogP contribution is 2.30. The molecule has 0 atom stereocenters. The minimum Gasteiger partial charge on any atom is -0.264 e. The van der Waals surface area contributed by atoms with Crippen LogP contribution >= 0.6 is 0 Å². The number of rotatable bonds is 2. The first kappa shape index (κ1) is 14.6. The van der Waals surface area contributed by atoms with Gasteiger partial charge in [0.1, 0.15) is 7.05 Å². The summed E-state index contributed by atoms with van der Waals surface area (Å²) in [5.41, 5.74) is 6.11. The van der Waals surface area contributed by atoms with Crippen molar-refractivity contribution in [2.75, 3.05) is 0 Å². The molecule has 0 aliphatic rings. The van der Waals surface area contributed by atoms with Gasteiger partial charge in [0, 0.05) is 18.5 Å². The molecule has 0 fully saturated rings. The second kappa shape index (κ2) is 5.89. The third-order valence-electron chi connectivity index (χ3n) is 4.54. The molecule has 2 aromatic carbocycles. The molecule has 2 aromatic heterocycles. The fourth-order valence-corrected chi connectivity index (χ4v) is 3.23. The summed E-state index contributed by atoms with van der Waals surface area (Å²) in [6.07, 6.45) is 5.92. The maximum Gasteiger partial charge on any atom is 0.221 e. The van der Waals surface area contributed by atoms with Gasteiger partial charge < -0.3 is 0 Å². The summed E-state index contributed by atoms with van der Waals surface area (Å²) >= 11 is 0. The summed E-state index contributed by atoms with van der Waals surface area (Å²) in [6.45, 7) is 2.13. The zero-order chi connectivity index (χ0) is 16.5. The van der Waals surface area contributed by atoms with E-state index < -0.39 is 0 Å². The second-order valence-corrected chi connectivity index (χ2v) is 6.13. The van der Waals surface area contributed by atoms with Crippen LogP contribution in [0.4, 0.5) is 0 Å². The smallest absolute Gasteiger partial charge is 0.221 e. The van der Waals surface area contributed by atoms with E-state index in [4.69, 9.17) is 0 Å². The number of pyridine rings is 2. The summed E-state index contributed by atoms with van der Waals surface area (Å²) in [4.78, 5) is 4.32. The first-order chi connectivity index (χ1) is 11.7. The van der Waals surface area contributed by atoms with Crippen LogP contribution in [-0.2, 0) is 7.05 Å². The maximum atomic E-state index is 4.32. The van der Waals surface area contributed by atoms with Crippen molar-refractivity contribution in [3.8, 4) is 22.4 Å². The minimum atomic E-state index is 1.18. The molecule has 116 valence electrons. The average Bonchev–Trinajstić information content (AvgIpc) is 2.63. The van der Waals surface area contributed by atoms with E-state index in [1.54, 1.807) is 0 Å². The molecule has 2 heterocycles. The molecule has 2 nitrogen and oxygen atoms in total. The lowest BCUT2D eigenvalue weighted by atomic mass is 9.98. The Morgan fingerprint density at radius 3 is 2.50 bits per heavy atom. The monoisotopic (exact) mass is 311 g/mol. The Kier molecular flexibility index (Phi) is 3.58. The van der Waals surface area contributed by atoms with E-state index in [2.05, 4.69) is 84.3 Å². The van der Waals surface area contributed by atoms with Crippen molar-refractivity contribution < 1.29 is 4.57 Å². The van der Waals surface area contributed by atoms with Gasteiger partial charge in [0.2, 0.25) is 5.69 Å². The van der Waals surface area contributed by atoms with E-state index in [0.717, 1.165) is 0 Å². The van der Waals surface area contributed by atoms with Gasteiger partial charge in [-0.25, -0.2) is 4.57 Å². The van der Waals surface area contributed by atoms with Crippen molar-refractivity contribution in [3.63, 3.8) is 0 Å². The molecule has 0 saturated heterocycles. The molecule has 0 unspecified atom stereocenters.